The molecule has 0 aliphatic heterocycles. The van der Waals surface area contributed by atoms with Crippen molar-refractivity contribution in [3.05, 3.63) is 170 Å². The molecule has 0 spiro atoms. The molecule has 0 saturated heterocycles. The molecule has 0 aliphatic rings. The molecule has 9 rings (SSSR count). The maximum atomic E-state index is 6.39. The summed E-state index contributed by atoms with van der Waals surface area (Å²) in [5.74, 6) is 0. The van der Waals surface area contributed by atoms with E-state index in [4.69, 9.17) is 4.42 Å². The third kappa shape index (κ3) is 4.17. The standard InChI is InChI=1S/C44H28O/c1-3-13-29(14-4-1)32-17-7-8-18-34(32)35-21-12-23-39-41(35)28-40-33(30-15-5-2-6-16-30)20-11-22-38(40)44(39)31-25-26-37-36-19-9-10-24-42(36)45-43(37)27-31/h1-28H. The highest BCUT2D eigenvalue weighted by Gasteiger charge is 2.18. The first-order chi connectivity index (χ1) is 22.3. The van der Waals surface area contributed by atoms with Gasteiger partial charge in [-0.3, -0.25) is 0 Å². The van der Waals surface area contributed by atoms with E-state index in [0.717, 1.165) is 27.5 Å². The fourth-order valence-electron chi connectivity index (χ4n) is 7.05. The summed E-state index contributed by atoms with van der Waals surface area (Å²) in [7, 11) is 0. The molecular formula is C44H28O. The molecule has 1 aromatic heterocycles. The molecule has 1 heteroatoms. The molecule has 0 saturated carbocycles. The van der Waals surface area contributed by atoms with Crippen molar-refractivity contribution in [2.24, 2.45) is 0 Å². The molecule has 1 heterocycles. The van der Waals surface area contributed by atoms with Crippen molar-refractivity contribution in [2.75, 3.05) is 0 Å². The number of furan rings is 1. The topological polar surface area (TPSA) is 13.1 Å². The quantitative estimate of drug-likeness (QED) is 0.191. The summed E-state index contributed by atoms with van der Waals surface area (Å²) in [5.41, 5.74) is 11.5. The average molecular weight is 573 g/mol. The first-order valence-corrected chi connectivity index (χ1v) is 15.4. The van der Waals surface area contributed by atoms with Gasteiger partial charge in [0.05, 0.1) is 0 Å². The third-order valence-electron chi connectivity index (χ3n) is 9.09. The average Bonchev–Trinajstić information content (AvgIpc) is 3.49. The summed E-state index contributed by atoms with van der Waals surface area (Å²) in [6.07, 6.45) is 0. The van der Waals surface area contributed by atoms with E-state index in [1.807, 2.05) is 12.1 Å². The van der Waals surface area contributed by atoms with E-state index < -0.39 is 0 Å². The molecule has 0 amide bonds. The fourth-order valence-corrected chi connectivity index (χ4v) is 7.05. The predicted octanol–water partition coefficient (Wildman–Crippen LogP) is 12.6. The zero-order chi connectivity index (χ0) is 29.7. The van der Waals surface area contributed by atoms with Gasteiger partial charge in [0.1, 0.15) is 11.2 Å². The van der Waals surface area contributed by atoms with Crippen LogP contribution in [0.5, 0.6) is 0 Å². The van der Waals surface area contributed by atoms with E-state index in [0.29, 0.717) is 0 Å². The van der Waals surface area contributed by atoms with Crippen molar-refractivity contribution in [3.63, 3.8) is 0 Å². The lowest BCUT2D eigenvalue weighted by Gasteiger charge is -2.18. The van der Waals surface area contributed by atoms with Crippen LogP contribution in [0.15, 0.2) is 174 Å². The summed E-state index contributed by atoms with van der Waals surface area (Å²) in [6.45, 7) is 0. The molecule has 1 nitrogen and oxygen atoms in total. The SMILES string of the molecule is c1ccc(-c2ccccc2-c2cccc3c(-c4ccc5c(c4)oc4ccccc45)c4cccc(-c5ccccc5)c4cc23)cc1. The van der Waals surface area contributed by atoms with Gasteiger partial charge in [-0.05, 0) is 90.3 Å². The Morgan fingerprint density at radius 2 is 0.800 bits per heavy atom. The lowest BCUT2D eigenvalue weighted by atomic mass is 9.85. The Morgan fingerprint density at radius 3 is 1.56 bits per heavy atom. The maximum Gasteiger partial charge on any atom is 0.136 e. The lowest BCUT2D eigenvalue weighted by molar-refractivity contribution is 0.669. The van der Waals surface area contributed by atoms with E-state index in [9.17, 15) is 0 Å². The first-order valence-electron chi connectivity index (χ1n) is 15.4. The first kappa shape index (κ1) is 25.6. The molecule has 9 aromatic rings. The molecule has 0 fully saturated rings. The third-order valence-corrected chi connectivity index (χ3v) is 9.09. The van der Waals surface area contributed by atoms with Gasteiger partial charge in [-0.2, -0.15) is 0 Å². The Balaban J connectivity index is 1.40. The second-order valence-corrected chi connectivity index (χ2v) is 11.6. The van der Waals surface area contributed by atoms with Crippen LogP contribution in [0.1, 0.15) is 0 Å². The van der Waals surface area contributed by atoms with Crippen molar-refractivity contribution < 1.29 is 4.42 Å². The zero-order valence-corrected chi connectivity index (χ0v) is 24.6. The lowest BCUT2D eigenvalue weighted by Crippen LogP contribution is -1.91. The summed E-state index contributed by atoms with van der Waals surface area (Å²) < 4.78 is 6.39. The highest BCUT2D eigenvalue weighted by Crippen LogP contribution is 2.45. The van der Waals surface area contributed by atoms with Gasteiger partial charge < -0.3 is 4.42 Å². The number of benzene rings is 8. The highest BCUT2D eigenvalue weighted by molar-refractivity contribution is 6.20. The monoisotopic (exact) mass is 572 g/mol. The van der Waals surface area contributed by atoms with Crippen LogP contribution in [0.2, 0.25) is 0 Å². The molecule has 210 valence electrons. The van der Waals surface area contributed by atoms with Crippen LogP contribution in [0, 0.1) is 0 Å². The molecular weight excluding hydrogens is 544 g/mol. The second kappa shape index (κ2) is 10.4. The Morgan fingerprint density at radius 1 is 0.267 bits per heavy atom. The molecule has 0 N–H and O–H groups in total. The van der Waals surface area contributed by atoms with E-state index in [1.54, 1.807) is 0 Å². The van der Waals surface area contributed by atoms with Crippen LogP contribution in [0.25, 0.3) is 88.0 Å². The van der Waals surface area contributed by atoms with Gasteiger partial charge in [-0.1, -0.05) is 146 Å². The zero-order valence-electron chi connectivity index (χ0n) is 24.6. The molecule has 0 aliphatic carbocycles. The summed E-state index contributed by atoms with van der Waals surface area (Å²) in [6, 6.07) is 61.0. The van der Waals surface area contributed by atoms with Gasteiger partial charge >= 0.3 is 0 Å². The molecule has 0 unspecified atom stereocenters. The number of hydrogen-bond donors (Lipinski definition) is 0. The van der Waals surface area contributed by atoms with Crippen molar-refractivity contribution in [2.45, 2.75) is 0 Å². The van der Waals surface area contributed by atoms with Gasteiger partial charge in [0, 0.05) is 10.8 Å². The second-order valence-electron chi connectivity index (χ2n) is 11.6. The number of para-hydroxylation sites is 1. The minimum Gasteiger partial charge on any atom is -0.456 e. The van der Waals surface area contributed by atoms with Crippen LogP contribution in [0.3, 0.4) is 0 Å². The van der Waals surface area contributed by atoms with Gasteiger partial charge in [0.15, 0.2) is 0 Å². The molecule has 8 aromatic carbocycles. The minimum absolute atomic E-state index is 0.906. The van der Waals surface area contributed by atoms with Crippen molar-refractivity contribution in [3.8, 4) is 44.5 Å². The Kier molecular flexibility index (Phi) is 5.89. The Hall–Kier alpha value is -5.92. The molecule has 0 atom stereocenters. The Labute approximate surface area is 261 Å². The van der Waals surface area contributed by atoms with Gasteiger partial charge in [-0.15, -0.1) is 0 Å². The largest absolute Gasteiger partial charge is 0.456 e. The van der Waals surface area contributed by atoms with Crippen LogP contribution in [-0.2, 0) is 0 Å². The van der Waals surface area contributed by atoms with E-state index >= 15 is 0 Å². The molecule has 0 bridgehead atoms. The summed E-state index contributed by atoms with van der Waals surface area (Å²) in [4.78, 5) is 0. The highest BCUT2D eigenvalue weighted by atomic mass is 16.3. The Bertz CT molecular complexity index is 2520. The summed E-state index contributed by atoms with van der Waals surface area (Å²) in [5, 5.41) is 7.21. The van der Waals surface area contributed by atoms with Gasteiger partial charge in [-0.25, -0.2) is 0 Å². The number of hydrogen-bond acceptors (Lipinski definition) is 1. The van der Waals surface area contributed by atoms with Crippen LogP contribution in [-0.4, -0.2) is 0 Å². The minimum atomic E-state index is 0.906. The number of fused-ring (bicyclic) bond motifs is 5. The van der Waals surface area contributed by atoms with Gasteiger partial charge in [0.2, 0.25) is 0 Å². The van der Waals surface area contributed by atoms with E-state index in [2.05, 4.69) is 158 Å². The van der Waals surface area contributed by atoms with Crippen molar-refractivity contribution >= 4 is 43.5 Å². The maximum absolute atomic E-state index is 6.39. The molecule has 45 heavy (non-hydrogen) atoms. The predicted molar refractivity (Wildman–Crippen MR) is 190 cm³/mol. The van der Waals surface area contributed by atoms with Crippen LogP contribution in [0.4, 0.5) is 0 Å². The smallest absolute Gasteiger partial charge is 0.136 e. The van der Waals surface area contributed by atoms with Crippen LogP contribution < -0.4 is 0 Å². The van der Waals surface area contributed by atoms with E-state index in [1.165, 1.54) is 60.5 Å². The molecule has 0 radical (unpaired) electrons. The summed E-state index contributed by atoms with van der Waals surface area (Å²) >= 11 is 0. The fraction of sp³-hybridized carbons (Fsp3) is 0. The van der Waals surface area contributed by atoms with Crippen LogP contribution >= 0.6 is 0 Å². The number of rotatable bonds is 4. The normalized spacial score (nSPS) is 11.6. The van der Waals surface area contributed by atoms with Crippen molar-refractivity contribution in [1.29, 1.82) is 0 Å². The van der Waals surface area contributed by atoms with E-state index in [-0.39, 0.29) is 0 Å². The van der Waals surface area contributed by atoms with Gasteiger partial charge in [0.25, 0.3) is 0 Å². The van der Waals surface area contributed by atoms with Crippen molar-refractivity contribution in [1.82, 2.24) is 0 Å².